The molecule has 0 spiro atoms. The minimum absolute atomic E-state index is 0.0134. The van der Waals surface area contributed by atoms with Gasteiger partial charge in [-0.05, 0) is 54.4 Å². The zero-order chi connectivity index (χ0) is 22.4. The van der Waals surface area contributed by atoms with Crippen LogP contribution in [0.4, 0.5) is 9.59 Å². The number of unbranched alkanes of at least 4 members (excludes halogenated alkanes) is 1. The Hall–Kier alpha value is -1.87. The SMILES string of the molecule is COC(=O)[C@H](CCCC[C@H]1O[C@@H]1CO)N(C(=O)OC(C)(C)C)C(=O)OC(C)(C)C. The fourth-order valence-corrected chi connectivity index (χ4v) is 2.72. The van der Waals surface area contributed by atoms with Crippen molar-refractivity contribution < 1.29 is 38.4 Å². The van der Waals surface area contributed by atoms with Crippen LogP contribution in [-0.2, 0) is 23.7 Å². The molecule has 0 aliphatic carbocycles. The topological polar surface area (TPSA) is 115 Å². The summed E-state index contributed by atoms with van der Waals surface area (Å²) in [5.74, 6) is -0.724. The molecule has 0 radical (unpaired) electrons. The van der Waals surface area contributed by atoms with E-state index >= 15 is 0 Å². The number of aliphatic hydroxyl groups is 1. The molecule has 0 aromatic rings. The van der Waals surface area contributed by atoms with Crippen LogP contribution in [0.5, 0.6) is 0 Å². The number of hydrogen-bond acceptors (Lipinski definition) is 8. The molecule has 1 N–H and O–H groups in total. The quantitative estimate of drug-likeness (QED) is 0.277. The maximum atomic E-state index is 12.7. The van der Waals surface area contributed by atoms with Crippen LogP contribution in [0.2, 0.25) is 0 Å². The fourth-order valence-electron chi connectivity index (χ4n) is 2.72. The highest BCUT2D eigenvalue weighted by Crippen LogP contribution is 2.27. The van der Waals surface area contributed by atoms with Crippen LogP contribution in [0, 0.1) is 0 Å². The predicted octanol–water partition coefficient (Wildman–Crippen LogP) is 3.02. The molecule has 9 heteroatoms. The predicted molar refractivity (Wildman–Crippen MR) is 104 cm³/mol. The lowest BCUT2D eigenvalue weighted by Crippen LogP contribution is -2.52. The Balaban J connectivity index is 2.91. The van der Waals surface area contributed by atoms with E-state index in [9.17, 15) is 14.4 Å². The van der Waals surface area contributed by atoms with E-state index < -0.39 is 35.4 Å². The fraction of sp³-hybridized carbons (Fsp3) is 0.850. The first-order valence-corrected chi connectivity index (χ1v) is 9.88. The maximum absolute atomic E-state index is 12.7. The van der Waals surface area contributed by atoms with Gasteiger partial charge in [0.15, 0.2) is 0 Å². The first-order valence-electron chi connectivity index (χ1n) is 9.88. The van der Waals surface area contributed by atoms with Gasteiger partial charge in [-0.2, -0.15) is 4.90 Å². The van der Waals surface area contributed by atoms with E-state index in [-0.39, 0.29) is 25.2 Å². The van der Waals surface area contributed by atoms with E-state index in [0.717, 1.165) is 6.42 Å². The zero-order valence-electron chi connectivity index (χ0n) is 18.5. The van der Waals surface area contributed by atoms with Crippen molar-refractivity contribution in [2.75, 3.05) is 13.7 Å². The zero-order valence-corrected chi connectivity index (χ0v) is 18.5. The van der Waals surface area contributed by atoms with E-state index in [0.29, 0.717) is 17.7 Å². The number of carbonyl (C=O) groups excluding carboxylic acids is 3. The molecule has 1 fully saturated rings. The first-order chi connectivity index (χ1) is 13.3. The Morgan fingerprint density at radius 2 is 1.48 bits per heavy atom. The van der Waals surface area contributed by atoms with Gasteiger partial charge in [0.1, 0.15) is 23.3 Å². The van der Waals surface area contributed by atoms with Gasteiger partial charge in [0.2, 0.25) is 0 Å². The van der Waals surface area contributed by atoms with Gasteiger partial charge in [-0.25, -0.2) is 14.4 Å². The summed E-state index contributed by atoms with van der Waals surface area (Å²) < 4.78 is 20.7. The van der Waals surface area contributed by atoms with Gasteiger partial charge in [-0.15, -0.1) is 0 Å². The first kappa shape index (κ1) is 25.2. The van der Waals surface area contributed by atoms with Gasteiger partial charge in [-0.1, -0.05) is 12.8 Å². The molecule has 2 amide bonds. The van der Waals surface area contributed by atoms with Gasteiger partial charge in [0.25, 0.3) is 0 Å². The van der Waals surface area contributed by atoms with E-state index in [2.05, 4.69) is 0 Å². The summed E-state index contributed by atoms with van der Waals surface area (Å²) >= 11 is 0. The van der Waals surface area contributed by atoms with Crippen LogP contribution in [0.3, 0.4) is 0 Å². The van der Waals surface area contributed by atoms with Gasteiger partial charge >= 0.3 is 18.2 Å². The van der Waals surface area contributed by atoms with Crippen LogP contribution in [0.1, 0.15) is 67.2 Å². The molecule has 1 rings (SSSR count). The number of epoxide rings is 1. The molecule has 9 nitrogen and oxygen atoms in total. The Bertz CT molecular complexity index is 550. The average Bonchev–Trinajstić information content (AvgIpc) is 3.31. The molecule has 1 aliphatic heterocycles. The second-order valence-corrected chi connectivity index (χ2v) is 9.05. The van der Waals surface area contributed by atoms with Gasteiger partial charge < -0.3 is 24.1 Å². The normalized spacial score (nSPS) is 19.9. The monoisotopic (exact) mass is 417 g/mol. The molecule has 0 aromatic carbocycles. The number of esters is 1. The third kappa shape index (κ3) is 8.99. The van der Waals surface area contributed by atoms with Crippen LogP contribution in [-0.4, -0.2) is 71.3 Å². The minimum atomic E-state index is -1.17. The lowest BCUT2D eigenvalue weighted by atomic mass is 10.1. The number of carbonyl (C=O) groups is 3. The third-order valence-electron chi connectivity index (χ3n) is 4.05. The van der Waals surface area contributed by atoms with Crippen molar-refractivity contribution in [1.82, 2.24) is 4.90 Å². The van der Waals surface area contributed by atoms with E-state index in [4.69, 9.17) is 24.1 Å². The van der Waals surface area contributed by atoms with Crippen LogP contribution < -0.4 is 0 Å². The highest BCUT2D eigenvalue weighted by molar-refractivity contribution is 5.94. The molecule has 29 heavy (non-hydrogen) atoms. The summed E-state index contributed by atoms with van der Waals surface area (Å²) in [5, 5.41) is 9.01. The Morgan fingerprint density at radius 3 is 1.86 bits per heavy atom. The van der Waals surface area contributed by atoms with Crippen molar-refractivity contribution in [3.05, 3.63) is 0 Å². The second-order valence-electron chi connectivity index (χ2n) is 9.05. The summed E-state index contributed by atoms with van der Waals surface area (Å²) in [4.78, 5) is 38.6. The summed E-state index contributed by atoms with van der Waals surface area (Å²) in [6.45, 7) is 9.98. The van der Waals surface area contributed by atoms with Crippen molar-refractivity contribution >= 4 is 18.2 Å². The van der Waals surface area contributed by atoms with Crippen molar-refractivity contribution in [2.24, 2.45) is 0 Å². The van der Waals surface area contributed by atoms with E-state index in [1.165, 1.54) is 7.11 Å². The van der Waals surface area contributed by atoms with Crippen LogP contribution >= 0.6 is 0 Å². The highest BCUT2D eigenvalue weighted by Gasteiger charge is 2.41. The Labute approximate surface area is 172 Å². The maximum Gasteiger partial charge on any atom is 0.420 e. The molecular weight excluding hydrogens is 382 g/mol. The number of imide groups is 1. The summed E-state index contributed by atoms with van der Waals surface area (Å²) in [5.41, 5.74) is -1.72. The molecule has 0 unspecified atom stereocenters. The number of nitrogens with zero attached hydrogens (tertiary/aromatic N) is 1. The third-order valence-corrected chi connectivity index (χ3v) is 4.05. The van der Waals surface area contributed by atoms with E-state index in [1.807, 2.05) is 0 Å². The second kappa shape index (κ2) is 10.2. The van der Waals surface area contributed by atoms with Crippen LogP contribution in [0.15, 0.2) is 0 Å². The van der Waals surface area contributed by atoms with E-state index in [1.54, 1.807) is 41.5 Å². The number of ether oxygens (including phenoxy) is 4. The van der Waals surface area contributed by atoms with Crippen molar-refractivity contribution in [3.63, 3.8) is 0 Å². The summed E-state index contributed by atoms with van der Waals surface area (Å²) in [6, 6.07) is -1.17. The van der Waals surface area contributed by atoms with Crippen LogP contribution in [0.25, 0.3) is 0 Å². The lowest BCUT2D eigenvalue weighted by molar-refractivity contribution is -0.147. The summed E-state index contributed by atoms with van der Waals surface area (Å²) in [7, 11) is 1.20. The molecule has 168 valence electrons. The Morgan fingerprint density at radius 1 is 0.966 bits per heavy atom. The van der Waals surface area contributed by atoms with Gasteiger partial charge in [-0.3, -0.25) is 0 Å². The molecule has 0 bridgehead atoms. The number of hydrogen-bond donors (Lipinski definition) is 1. The smallest absolute Gasteiger partial charge is 0.420 e. The number of rotatable bonds is 8. The molecule has 1 saturated heterocycles. The average molecular weight is 417 g/mol. The van der Waals surface area contributed by atoms with Gasteiger partial charge in [0.05, 0.1) is 19.8 Å². The van der Waals surface area contributed by atoms with Crippen molar-refractivity contribution in [3.8, 4) is 0 Å². The molecule has 1 heterocycles. The minimum Gasteiger partial charge on any atom is -0.467 e. The number of amides is 2. The lowest BCUT2D eigenvalue weighted by Gasteiger charge is -2.32. The summed E-state index contributed by atoms with van der Waals surface area (Å²) in [6.07, 6.45) is 0.127. The molecular formula is C20H35NO8. The highest BCUT2D eigenvalue weighted by atomic mass is 16.6. The number of methoxy groups -OCH3 is 1. The van der Waals surface area contributed by atoms with Crippen molar-refractivity contribution in [2.45, 2.75) is 96.7 Å². The van der Waals surface area contributed by atoms with Crippen molar-refractivity contribution in [1.29, 1.82) is 0 Å². The molecule has 1 aliphatic rings. The van der Waals surface area contributed by atoms with Gasteiger partial charge in [0, 0.05) is 0 Å². The Kier molecular flexibility index (Phi) is 8.89. The largest absolute Gasteiger partial charge is 0.467 e. The molecule has 0 aromatic heterocycles. The standard InChI is InChI=1S/C20H35NO8/c1-19(2,3)28-17(24)21(18(25)29-20(4,5)6)13(16(23)26-7)10-8-9-11-14-15(12-22)27-14/h13-15,22H,8-12H2,1-7H3/t13-,14+,15+/m0/s1. The molecule has 0 saturated carbocycles. The number of aliphatic hydroxyl groups excluding tert-OH is 1. The molecule has 3 atom stereocenters.